The number of rotatable bonds is 3. The summed E-state index contributed by atoms with van der Waals surface area (Å²) >= 11 is 0. The van der Waals surface area contributed by atoms with Crippen LogP contribution in [0.2, 0.25) is 0 Å². The van der Waals surface area contributed by atoms with Crippen molar-refractivity contribution in [2.75, 3.05) is 32.7 Å². The first-order valence-corrected chi connectivity index (χ1v) is 8.60. The van der Waals surface area contributed by atoms with Gasteiger partial charge in [-0.25, -0.2) is 0 Å². The van der Waals surface area contributed by atoms with Crippen molar-refractivity contribution in [1.82, 2.24) is 15.1 Å². The van der Waals surface area contributed by atoms with Crippen LogP contribution in [0.15, 0.2) is 30.3 Å². The lowest BCUT2D eigenvalue weighted by Crippen LogP contribution is -2.46. The van der Waals surface area contributed by atoms with Crippen LogP contribution in [0.3, 0.4) is 0 Å². The summed E-state index contributed by atoms with van der Waals surface area (Å²) in [6.45, 7) is 3.66. The van der Waals surface area contributed by atoms with Gasteiger partial charge in [0, 0.05) is 39.1 Å². The SMILES string of the molecule is O=C1CCN([C@@H](C(=O)N2CCCCC2)c2ccccc2)CCN1. The number of hydrogen-bond donors (Lipinski definition) is 1. The molecule has 2 fully saturated rings. The second-order valence-corrected chi connectivity index (χ2v) is 6.34. The fraction of sp³-hybridized carbons (Fsp3) is 0.556. The topological polar surface area (TPSA) is 52.7 Å². The zero-order valence-electron chi connectivity index (χ0n) is 13.5. The van der Waals surface area contributed by atoms with Crippen LogP contribution in [0, 0.1) is 0 Å². The maximum atomic E-state index is 13.2. The van der Waals surface area contributed by atoms with E-state index in [2.05, 4.69) is 10.2 Å². The Morgan fingerprint density at radius 1 is 1.00 bits per heavy atom. The van der Waals surface area contributed by atoms with E-state index in [0.717, 1.165) is 31.5 Å². The smallest absolute Gasteiger partial charge is 0.244 e. The normalized spacial score (nSPS) is 21.4. The highest BCUT2D eigenvalue weighted by Gasteiger charge is 2.32. The predicted octanol–water partition coefficient (Wildman–Crippen LogP) is 1.56. The molecule has 23 heavy (non-hydrogen) atoms. The summed E-state index contributed by atoms with van der Waals surface area (Å²) in [5.41, 5.74) is 1.03. The van der Waals surface area contributed by atoms with Gasteiger partial charge in [-0.1, -0.05) is 30.3 Å². The van der Waals surface area contributed by atoms with Crippen molar-refractivity contribution in [1.29, 1.82) is 0 Å². The first kappa shape index (κ1) is 16.0. The number of nitrogens with one attached hydrogen (secondary N) is 1. The van der Waals surface area contributed by atoms with Crippen LogP contribution in [0.5, 0.6) is 0 Å². The lowest BCUT2D eigenvalue weighted by Gasteiger charge is -2.35. The lowest BCUT2D eigenvalue weighted by atomic mass is 10.0. The van der Waals surface area contributed by atoms with Crippen LogP contribution in [-0.2, 0) is 9.59 Å². The highest BCUT2D eigenvalue weighted by molar-refractivity contribution is 5.83. The molecule has 0 aliphatic carbocycles. The van der Waals surface area contributed by atoms with Crippen molar-refractivity contribution in [3.63, 3.8) is 0 Å². The van der Waals surface area contributed by atoms with E-state index in [-0.39, 0.29) is 17.9 Å². The van der Waals surface area contributed by atoms with E-state index in [0.29, 0.717) is 26.1 Å². The molecular formula is C18H25N3O2. The maximum Gasteiger partial charge on any atom is 0.244 e. The van der Waals surface area contributed by atoms with Gasteiger partial charge in [-0.15, -0.1) is 0 Å². The van der Waals surface area contributed by atoms with Gasteiger partial charge in [0.2, 0.25) is 11.8 Å². The molecule has 0 spiro atoms. The average Bonchev–Trinajstić information content (AvgIpc) is 2.82. The molecule has 0 radical (unpaired) electrons. The second-order valence-electron chi connectivity index (χ2n) is 6.34. The number of piperidine rings is 1. The zero-order chi connectivity index (χ0) is 16.1. The Labute approximate surface area is 137 Å². The molecule has 2 heterocycles. The van der Waals surface area contributed by atoms with Crippen LogP contribution in [0.4, 0.5) is 0 Å². The summed E-state index contributed by atoms with van der Waals surface area (Å²) in [6.07, 6.45) is 3.85. The van der Waals surface area contributed by atoms with E-state index in [1.165, 1.54) is 6.42 Å². The van der Waals surface area contributed by atoms with E-state index in [1.54, 1.807) is 0 Å². The van der Waals surface area contributed by atoms with Gasteiger partial charge < -0.3 is 10.2 Å². The third-order valence-corrected chi connectivity index (χ3v) is 4.73. The summed E-state index contributed by atoms with van der Waals surface area (Å²) < 4.78 is 0. The quantitative estimate of drug-likeness (QED) is 0.921. The minimum Gasteiger partial charge on any atom is -0.355 e. The molecule has 2 aliphatic rings. The molecule has 2 amide bonds. The van der Waals surface area contributed by atoms with Gasteiger partial charge in [0.25, 0.3) is 0 Å². The van der Waals surface area contributed by atoms with Gasteiger partial charge in [0.1, 0.15) is 6.04 Å². The molecule has 1 N–H and O–H groups in total. The Morgan fingerprint density at radius 3 is 2.48 bits per heavy atom. The highest BCUT2D eigenvalue weighted by Crippen LogP contribution is 2.25. The van der Waals surface area contributed by atoms with Crippen LogP contribution in [-0.4, -0.2) is 54.3 Å². The summed E-state index contributed by atoms with van der Waals surface area (Å²) in [4.78, 5) is 29.0. The molecule has 0 aromatic heterocycles. The number of carbonyl (C=O) groups is 2. The Hall–Kier alpha value is -1.88. The summed E-state index contributed by atoms with van der Waals surface area (Å²) in [5, 5.41) is 2.89. The minimum atomic E-state index is -0.276. The van der Waals surface area contributed by atoms with Gasteiger partial charge in [-0.2, -0.15) is 0 Å². The van der Waals surface area contributed by atoms with Gasteiger partial charge in [0.05, 0.1) is 0 Å². The van der Waals surface area contributed by atoms with Crippen LogP contribution >= 0.6 is 0 Å². The number of likely N-dealkylation sites (tertiary alicyclic amines) is 1. The second kappa shape index (κ2) is 7.59. The van der Waals surface area contributed by atoms with Crippen LogP contribution in [0.25, 0.3) is 0 Å². The zero-order valence-corrected chi connectivity index (χ0v) is 13.5. The standard InChI is InChI=1S/C18H25N3O2/c22-16-9-13-20(14-10-19-16)17(15-7-3-1-4-8-15)18(23)21-11-5-2-6-12-21/h1,3-4,7-8,17H,2,5-6,9-14H2,(H,19,22)/t17-/m1/s1. The molecule has 124 valence electrons. The number of hydrogen-bond acceptors (Lipinski definition) is 3. The van der Waals surface area contributed by atoms with Gasteiger partial charge in [0.15, 0.2) is 0 Å². The minimum absolute atomic E-state index is 0.0738. The van der Waals surface area contributed by atoms with Crippen molar-refractivity contribution in [2.45, 2.75) is 31.7 Å². The lowest BCUT2D eigenvalue weighted by molar-refractivity contribution is -0.138. The Morgan fingerprint density at radius 2 is 1.74 bits per heavy atom. The average molecular weight is 315 g/mol. The summed E-state index contributed by atoms with van der Waals surface area (Å²) in [5.74, 6) is 0.259. The molecule has 1 aromatic rings. The molecule has 2 saturated heterocycles. The fourth-order valence-corrected chi connectivity index (χ4v) is 3.47. The van der Waals surface area contributed by atoms with Gasteiger partial charge >= 0.3 is 0 Å². The van der Waals surface area contributed by atoms with Crippen LogP contribution in [0.1, 0.15) is 37.3 Å². The Balaban J connectivity index is 1.84. The first-order valence-electron chi connectivity index (χ1n) is 8.60. The number of benzene rings is 1. The molecule has 5 nitrogen and oxygen atoms in total. The molecule has 5 heteroatoms. The van der Waals surface area contributed by atoms with Crippen molar-refractivity contribution in [3.05, 3.63) is 35.9 Å². The van der Waals surface area contributed by atoms with Gasteiger partial charge in [-0.05, 0) is 24.8 Å². The third-order valence-electron chi connectivity index (χ3n) is 4.73. The molecular weight excluding hydrogens is 290 g/mol. The van der Waals surface area contributed by atoms with E-state index in [9.17, 15) is 9.59 Å². The highest BCUT2D eigenvalue weighted by atomic mass is 16.2. The van der Waals surface area contributed by atoms with E-state index in [1.807, 2.05) is 35.2 Å². The van der Waals surface area contributed by atoms with Crippen molar-refractivity contribution in [3.8, 4) is 0 Å². The maximum absolute atomic E-state index is 13.2. The Bertz CT molecular complexity index is 540. The molecule has 1 aromatic carbocycles. The molecule has 1 atom stereocenters. The molecule has 0 unspecified atom stereocenters. The largest absolute Gasteiger partial charge is 0.355 e. The van der Waals surface area contributed by atoms with E-state index in [4.69, 9.17) is 0 Å². The third kappa shape index (κ3) is 3.91. The number of amides is 2. The summed E-state index contributed by atoms with van der Waals surface area (Å²) in [6, 6.07) is 9.70. The monoisotopic (exact) mass is 315 g/mol. The summed E-state index contributed by atoms with van der Waals surface area (Å²) in [7, 11) is 0. The number of nitrogens with zero attached hydrogens (tertiary/aromatic N) is 2. The van der Waals surface area contributed by atoms with Gasteiger partial charge in [-0.3, -0.25) is 14.5 Å². The molecule has 0 bridgehead atoms. The first-order chi connectivity index (χ1) is 11.3. The predicted molar refractivity (Wildman–Crippen MR) is 88.8 cm³/mol. The molecule has 3 rings (SSSR count). The molecule has 0 saturated carbocycles. The van der Waals surface area contributed by atoms with Crippen LogP contribution < -0.4 is 5.32 Å². The number of carbonyl (C=O) groups excluding carboxylic acids is 2. The van der Waals surface area contributed by atoms with Crippen molar-refractivity contribution in [2.24, 2.45) is 0 Å². The van der Waals surface area contributed by atoms with E-state index < -0.39 is 0 Å². The van der Waals surface area contributed by atoms with E-state index >= 15 is 0 Å². The van der Waals surface area contributed by atoms with Crippen molar-refractivity contribution < 1.29 is 9.59 Å². The Kier molecular flexibility index (Phi) is 5.28. The fourth-order valence-electron chi connectivity index (χ4n) is 3.47. The van der Waals surface area contributed by atoms with Crippen molar-refractivity contribution >= 4 is 11.8 Å². The molecule has 2 aliphatic heterocycles.